The molecule has 6 nitrogen and oxygen atoms in total. The van der Waals surface area contributed by atoms with Crippen LogP contribution >= 0.6 is 0 Å². The molecule has 0 saturated heterocycles. The minimum Gasteiger partial charge on any atom is -0.497 e. The largest absolute Gasteiger partial charge is 0.497 e. The van der Waals surface area contributed by atoms with Gasteiger partial charge in [-0.05, 0) is 48.2 Å². The van der Waals surface area contributed by atoms with Crippen molar-refractivity contribution in [3.8, 4) is 5.75 Å². The fraction of sp³-hybridized carbons (Fsp3) is 0.381. The third-order valence-electron chi connectivity index (χ3n) is 4.50. The van der Waals surface area contributed by atoms with E-state index in [9.17, 15) is 13.2 Å². The number of anilines is 1. The second-order valence-corrected chi connectivity index (χ2v) is 9.22. The fourth-order valence-electron chi connectivity index (χ4n) is 2.86. The van der Waals surface area contributed by atoms with E-state index in [0.29, 0.717) is 17.2 Å². The van der Waals surface area contributed by atoms with E-state index in [0.717, 1.165) is 28.3 Å². The second-order valence-electron chi connectivity index (χ2n) is 7.21. The van der Waals surface area contributed by atoms with Gasteiger partial charge in [-0.1, -0.05) is 32.0 Å². The van der Waals surface area contributed by atoms with Crippen molar-refractivity contribution in [2.75, 3.05) is 24.7 Å². The molecule has 0 spiro atoms. The van der Waals surface area contributed by atoms with E-state index in [1.165, 1.54) is 7.05 Å². The number of methoxy groups -OCH3 is 1. The molecule has 7 heteroatoms. The maximum absolute atomic E-state index is 12.9. The Labute approximate surface area is 167 Å². The van der Waals surface area contributed by atoms with Crippen molar-refractivity contribution < 1.29 is 17.9 Å². The van der Waals surface area contributed by atoms with E-state index in [1.54, 1.807) is 31.4 Å². The lowest BCUT2D eigenvalue weighted by atomic mass is 9.96. The number of nitrogens with zero attached hydrogens (tertiary/aromatic N) is 1. The third kappa shape index (κ3) is 5.73. The monoisotopic (exact) mass is 404 g/mol. The van der Waals surface area contributed by atoms with Crippen LogP contribution in [0.5, 0.6) is 5.75 Å². The first kappa shape index (κ1) is 21.8. The first-order chi connectivity index (χ1) is 13.1. The van der Waals surface area contributed by atoms with Gasteiger partial charge in [0.1, 0.15) is 5.75 Å². The molecule has 0 radical (unpaired) electrons. The number of rotatable bonds is 8. The summed E-state index contributed by atoms with van der Waals surface area (Å²) in [7, 11) is -0.320. The van der Waals surface area contributed by atoms with Gasteiger partial charge < -0.3 is 10.1 Å². The fourth-order valence-corrected chi connectivity index (χ4v) is 3.36. The maximum atomic E-state index is 12.9. The molecule has 0 aromatic heterocycles. The van der Waals surface area contributed by atoms with Gasteiger partial charge in [0.25, 0.3) is 5.91 Å². The van der Waals surface area contributed by atoms with Gasteiger partial charge in [-0.25, -0.2) is 8.42 Å². The summed E-state index contributed by atoms with van der Waals surface area (Å²) in [6.07, 6.45) is 1.91. The average molecular weight is 405 g/mol. The molecule has 1 N–H and O–H groups in total. The number of amides is 1. The van der Waals surface area contributed by atoms with Crippen LogP contribution in [0.15, 0.2) is 48.5 Å². The van der Waals surface area contributed by atoms with Crippen molar-refractivity contribution in [3.63, 3.8) is 0 Å². The molecule has 28 heavy (non-hydrogen) atoms. The topological polar surface area (TPSA) is 75.7 Å². The first-order valence-electron chi connectivity index (χ1n) is 9.10. The summed E-state index contributed by atoms with van der Waals surface area (Å²) in [6, 6.07) is 14.1. The highest BCUT2D eigenvalue weighted by Crippen LogP contribution is 2.25. The molecule has 0 heterocycles. The van der Waals surface area contributed by atoms with E-state index < -0.39 is 10.0 Å². The summed E-state index contributed by atoms with van der Waals surface area (Å²) in [5.74, 6) is 0.898. The molecule has 0 aliphatic carbocycles. The van der Waals surface area contributed by atoms with Crippen LogP contribution in [0.25, 0.3) is 0 Å². The normalized spacial score (nSPS) is 12.5. The number of sulfonamides is 1. The molecule has 2 aromatic rings. The van der Waals surface area contributed by atoms with Gasteiger partial charge in [0.05, 0.1) is 25.1 Å². The Morgan fingerprint density at radius 1 is 1.14 bits per heavy atom. The molecular formula is C21H28N2O4S. The molecule has 2 rings (SSSR count). The van der Waals surface area contributed by atoms with Crippen LogP contribution in [0.1, 0.15) is 42.2 Å². The van der Waals surface area contributed by atoms with Gasteiger partial charge in [-0.2, -0.15) is 0 Å². The molecule has 0 aliphatic rings. The van der Waals surface area contributed by atoms with Crippen LogP contribution < -0.4 is 14.4 Å². The molecule has 0 fully saturated rings. The van der Waals surface area contributed by atoms with Gasteiger partial charge in [0.15, 0.2) is 0 Å². The van der Waals surface area contributed by atoms with Gasteiger partial charge in [0.2, 0.25) is 10.0 Å². The quantitative estimate of drug-likeness (QED) is 0.729. The summed E-state index contributed by atoms with van der Waals surface area (Å²) in [5.41, 5.74) is 1.85. The first-order valence-corrected chi connectivity index (χ1v) is 11.0. The van der Waals surface area contributed by atoms with Gasteiger partial charge in [-0.3, -0.25) is 9.10 Å². The summed E-state index contributed by atoms with van der Waals surface area (Å²) >= 11 is 0. The zero-order chi connectivity index (χ0) is 20.9. The molecule has 152 valence electrons. The number of ether oxygens (including phenoxy) is 1. The number of nitrogens with one attached hydrogen (secondary N) is 1. The Morgan fingerprint density at radius 3 is 2.32 bits per heavy atom. The van der Waals surface area contributed by atoms with Crippen molar-refractivity contribution in [2.24, 2.45) is 5.92 Å². The van der Waals surface area contributed by atoms with Crippen molar-refractivity contribution in [3.05, 3.63) is 59.7 Å². The summed E-state index contributed by atoms with van der Waals surface area (Å²) in [4.78, 5) is 12.9. The van der Waals surface area contributed by atoms with E-state index in [-0.39, 0.29) is 11.9 Å². The van der Waals surface area contributed by atoms with E-state index in [4.69, 9.17) is 4.74 Å². The van der Waals surface area contributed by atoms with Gasteiger partial charge >= 0.3 is 0 Å². The molecular weight excluding hydrogens is 376 g/mol. The van der Waals surface area contributed by atoms with Crippen LogP contribution in [0.2, 0.25) is 0 Å². The van der Waals surface area contributed by atoms with Crippen LogP contribution in [0.3, 0.4) is 0 Å². The Hall–Kier alpha value is -2.54. The predicted octanol–water partition coefficient (Wildman–Crippen LogP) is 3.61. The van der Waals surface area contributed by atoms with E-state index in [1.807, 2.05) is 24.3 Å². The summed E-state index contributed by atoms with van der Waals surface area (Å²) in [6.45, 7) is 4.20. The zero-order valence-corrected chi connectivity index (χ0v) is 17.8. The molecule has 1 atom stereocenters. The number of hydrogen-bond donors (Lipinski definition) is 1. The molecule has 0 bridgehead atoms. The lowest BCUT2D eigenvalue weighted by molar-refractivity contribution is 0.0932. The third-order valence-corrected chi connectivity index (χ3v) is 5.71. The smallest absolute Gasteiger partial charge is 0.251 e. The minimum absolute atomic E-state index is 0.158. The Balaban J connectivity index is 2.25. The van der Waals surface area contributed by atoms with E-state index >= 15 is 0 Å². The van der Waals surface area contributed by atoms with Crippen LogP contribution in [0.4, 0.5) is 5.69 Å². The number of hydrogen-bond acceptors (Lipinski definition) is 4. The van der Waals surface area contributed by atoms with Crippen LogP contribution in [-0.4, -0.2) is 34.7 Å². The number of benzene rings is 2. The highest BCUT2D eigenvalue weighted by Gasteiger charge is 2.19. The number of carbonyl (C=O) groups is 1. The molecule has 0 unspecified atom stereocenters. The molecule has 0 aliphatic heterocycles. The molecule has 0 saturated carbocycles. The maximum Gasteiger partial charge on any atom is 0.251 e. The highest BCUT2D eigenvalue weighted by molar-refractivity contribution is 7.92. The van der Waals surface area contributed by atoms with Crippen molar-refractivity contribution >= 4 is 21.6 Å². The Morgan fingerprint density at radius 2 is 1.79 bits per heavy atom. The SMILES string of the molecule is COc1ccc([C@@H](CC(C)C)NC(=O)c2cccc(N(C)S(C)(=O)=O)c2)cc1. The average Bonchev–Trinajstić information content (AvgIpc) is 2.66. The predicted molar refractivity (Wildman–Crippen MR) is 112 cm³/mol. The molecule has 2 aromatic carbocycles. The minimum atomic E-state index is -3.40. The van der Waals surface area contributed by atoms with Crippen LogP contribution in [-0.2, 0) is 10.0 Å². The van der Waals surface area contributed by atoms with Crippen LogP contribution in [0, 0.1) is 5.92 Å². The van der Waals surface area contributed by atoms with Crippen molar-refractivity contribution in [2.45, 2.75) is 26.3 Å². The Bertz CT molecular complexity index is 908. The standard InChI is InChI=1S/C21H28N2O4S/c1-15(2)13-20(16-9-11-19(27-4)12-10-16)22-21(24)17-7-6-8-18(14-17)23(3)28(5,25)26/h6-12,14-15,20H,13H2,1-5H3,(H,22,24)/t20-/m1/s1. The van der Waals surface area contributed by atoms with Crippen molar-refractivity contribution in [1.82, 2.24) is 5.32 Å². The van der Waals surface area contributed by atoms with Gasteiger partial charge in [0, 0.05) is 12.6 Å². The summed E-state index contributed by atoms with van der Waals surface area (Å²) < 4.78 is 29.9. The highest BCUT2D eigenvalue weighted by atomic mass is 32.2. The summed E-state index contributed by atoms with van der Waals surface area (Å²) in [5, 5.41) is 3.08. The Kier molecular flexibility index (Phi) is 7.07. The zero-order valence-electron chi connectivity index (χ0n) is 17.0. The van der Waals surface area contributed by atoms with E-state index in [2.05, 4.69) is 19.2 Å². The molecule has 1 amide bonds. The van der Waals surface area contributed by atoms with Gasteiger partial charge in [-0.15, -0.1) is 0 Å². The van der Waals surface area contributed by atoms with Crippen molar-refractivity contribution in [1.29, 1.82) is 0 Å². The lowest BCUT2D eigenvalue weighted by Crippen LogP contribution is -2.30. The second kappa shape index (κ2) is 9.10. The number of carbonyl (C=O) groups excluding carboxylic acids is 1. The lowest BCUT2D eigenvalue weighted by Gasteiger charge is -2.22.